The maximum absolute atomic E-state index is 13.1. The van der Waals surface area contributed by atoms with Gasteiger partial charge in [0.25, 0.3) is 5.91 Å². The zero-order valence-electron chi connectivity index (χ0n) is 20.2. The minimum absolute atomic E-state index is 0.243. The molecule has 1 heterocycles. The molecule has 4 rings (SSSR count). The number of nitrogens with zero attached hydrogens (tertiary/aromatic N) is 2. The average Bonchev–Trinajstić information content (AvgIpc) is 3.21. The van der Waals surface area contributed by atoms with E-state index in [1.165, 1.54) is 0 Å². The fourth-order valence-electron chi connectivity index (χ4n) is 3.97. The predicted octanol–water partition coefficient (Wildman–Crippen LogP) is 4.09. The van der Waals surface area contributed by atoms with E-state index >= 15 is 0 Å². The Hall–Kier alpha value is -4.62. The quantitative estimate of drug-likeness (QED) is 0.262. The van der Waals surface area contributed by atoms with Crippen molar-refractivity contribution in [1.29, 1.82) is 5.26 Å². The van der Waals surface area contributed by atoms with Gasteiger partial charge in [-0.2, -0.15) is 5.26 Å². The molecule has 1 amide bonds. The van der Waals surface area contributed by atoms with Crippen molar-refractivity contribution in [3.63, 3.8) is 0 Å². The first-order valence-corrected chi connectivity index (χ1v) is 13.2. The van der Waals surface area contributed by atoms with E-state index in [-0.39, 0.29) is 19.1 Å². The van der Waals surface area contributed by atoms with Crippen LogP contribution in [0.1, 0.15) is 28.4 Å². The third kappa shape index (κ3) is 5.47. The van der Waals surface area contributed by atoms with Crippen molar-refractivity contribution in [3.8, 4) is 6.07 Å². The highest BCUT2D eigenvalue weighted by Crippen LogP contribution is 2.38. The third-order valence-electron chi connectivity index (χ3n) is 5.63. The summed E-state index contributed by atoms with van der Waals surface area (Å²) in [6.07, 6.45) is 1.04. The van der Waals surface area contributed by atoms with Gasteiger partial charge in [0.2, 0.25) is 10.0 Å². The number of fused-ring (bicyclic) bond motifs is 1. The summed E-state index contributed by atoms with van der Waals surface area (Å²) in [5.41, 5.74) is 4.08. The molecule has 0 radical (unpaired) electrons. The van der Waals surface area contributed by atoms with Gasteiger partial charge < -0.3 is 15.4 Å². The topological polar surface area (TPSA) is 129 Å². The lowest BCUT2D eigenvalue weighted by Crippen LogP contribution is -2.30. The van der Waals surface area contributed by atoms with Crippen LogP contribution < -0.4 is 14.9 Å². The molecule has 9 nitrogen and oxygen atoms in total. The molecule has 1 aliphatic heterocycles. The molecule has 0 aliphatic carbocycles. The normalized spacial score (nSPS) is 13.7. The number of rotatable bonds is 8. The van der Waals surface area contributed by atoms with E-state index in [1.807, 2.05) is 36.4 Å². The van der Waals surface area contributed by atoms with Gasteiger partial charge in [0.15, 0.2) is 0 Å². The van der Waals surface area contributed by atoms with Crippen LogP contribution in [0.4, 0.5) is 17.1 Å². The van der Waals surface area contributed by atoms with Crippen molar-refractivity contribution in [1.82, 2.24) is 0 Å². The molecular weight excluding hydrogens is 492 g/mol. The van der Waals surface area contributed by atoms with Gasteiger partial charge >= 0.3 is 5.97 Å². The van der Waals surface area contributed by atoms with Crippen LogP contribution in [0.3, 0.4) is 0 Å². The number of ether oxygens (including phenoxy) is 1. The summed E-state index contributed by atoms with van der Waals surface area (Å²) in [4.78, 5) is 25.3. The van der Waals surface area contributed by atoms with Crippen LogP contribution in [-0.2, 0) is 19.6 Å². The van der Waals surface area contributed by atoms with E-state index < -0.39 is 16.0 Å². The van der Waals surface area contributed by atoms with Crippen molar-refractivity contribution in [2.45, 2.75) is 6.92 Å². The van der Waals surface area contributed by atoms with E-state index in [2.05, 4.69) is 10.6 Å². The molecule has 10 heteroatoms. The Bertz CT molecular complexity index is 1530. The summed E-state index contributed by atoms with van der Waals surface area (Å²) >= 11 is 0. The van der Waals surface area contributed by atoms with Crippen LogP contribution >= 0.6 is 0 Å². The summed E-state index contributed by atoms with van der Waals surface area (Å²) in [6.45, 7) is 1.66. The first kappa shape index (κ1) is 25.5. The van der Waals surface area contributed by atoms with Gasteiger partial charge in [-0.05, 0) is 48.9 Å². The van der Waals surface area contributed by atoms with Gasteiger partial charge in [-0.25, -0.2) is 13.2 Å². The van der Waals surface area contributed by atoms with Crippen molar-refractivity contribution >= 4 is 50.2 Å². The number of nitriles is 1. The van der Waals surface area contributed by atoms with Crippen molar-refractivity contribution in [2.75, 3.05) is 34.3 Å². The second-order valence-electron chi connectivity index (χ2n) is 8.15. The maximum atomic E-state index is 13.1. The molecule has 3 aromatic rings. The number of anilines is 3. The lowest BCUT2D eigenvalue weighted by molar-refractivity contribution is -0.110. The molecule has 188 valence electrons. The average molecular weight is 517 g/mol. The van der Waals surface area contributed by atoms with Crippen LogP contribution in [0, 0.1) is 11.3 Å². The van der Waals surface area contributed by atoms with Gasteiger partial charge in [0.05, 0.1) is 47.1 Å². The Morgan fingerprint density at radius 1 is 1.05 bits per heavy atom. The second kappa shape index (κ2) is 10.6. The monoisotopic (exact) mass is 516 g/mol. The molecule has 0 spiro atoms. The van der Waals surface area contributed by atoms with Crippen LogP contribution in [0.25, 0.3) is 11.3 Å². The van der Waals surface area contributed by atoms with Crippen molar-refractivity contribution in [2.24, 2.45) is 0 Å². The highest BCUT2D eigenvalue weighted by Gasteiger charge is 2.29. The Balaban J connectivity index is 1.76. The van der Waals surface area contributed by atoms with Crippen LogP contribution in [0.15, 0.2) is 72.8 Å². The molecule has 0 atom stereocenters. The highest BCUT2D eigenvalue weighted by molar-refractivity contribution is 7.92. The molecule has 37 heavy (non-hydrogen) atoms. The molecule has 2 N–H and O–H groups in total. The molecule has 0 unspecified atom stereocenters. The number of carbonyl (C=O) groups excluding carboxylic acids is 2. The van der Waals surface area contributed by atoms with Crippen LogP contribution in [0.5, 0.6) is 0 Å². The fraction of sp³-hybridized carbons (Fsp3) is 0.148. The number of hydrogen-bond acceptors (Lipinski definition) is 7. The standard InChI is InChI=1S/C27H24N4O5S/c1-3-36-27(33)19-9-14-22-23(17-19)30-26(32)24(22)25(18-7-5-4-6-8-18)29-20-10-12-21(13-11-20)31(16-15-28)37(2,34)35/h4-14,17,29H,3,16H2,1-2H3,(H,30,32). The smallest absolute Gasteiger partial charge is 0.338 e. The van der Waals surface area contributed by atoms with Gasteiger partial charge in [0, 0.05) is 11.3 Å². The van der Waals surface area contributed by atoms with E-state index in [1.54, 1.807) is 49.4 Å². The molecular formula is C27H24N4O5S. The molecule has 3 aromatic carbocycles. The minimum Gasteiger partial charge on any atom is -0.462 e. The number of sulfonamides is 1. The summed E-state index contributed by atoms with van der Waals surface area (Å²) in [7, 11) is -3.63. The molecule has 0 bridgehead atoms. The summed E-state index contributed by atoms with van der Waals surface area (Å²) in [5, 5.41) is 15.1. The largest absolute Gasteiger partial charge is 0.462 e. The van der Waals surface area contributed by atoms with E-state index in [0.717, 1.165) is 16.1 Å². The van der Waals surface area contributed by atoms with E-state index in [0.29, 0.717) is 39.5 Å². The van der Waals surface area contributed by atoms with Crippen molar-refractivity contribution in [3.05, 3.63) is 89.5 Å². The number of nitrogens with one attached hydrogen (secondary N) is 2. The minimum atomic E-state index is -3.63. The molecule has 0 aromatic heterocycles. The van der Waals surface area contributed by atoms with Gasteiger partial charge in [-0.3, -0.25) is 9.10 Å². The number of amides is 1. The number of esters is 1. The van der Waals surface area contributed by atoms with Gasteiger partial charge in [-0.15, -0.1) is 0 Å². The molecule has 0 saturated carbocycles. The highest BCUT2D eigenvalue weighted by atomic mass is 32.2. The second-order valence-corrected chi connectivity index (χ2v) is 10.1. The number of benzene rings is 3. The third-order valence-corrected chi connectivity index (χ3v) is 6.77. The zero-order valence-corrected chi connectivity index (χ0v) is 21.0. The Morgan fingerprint density at radius 3 is 2.38 bits per heavy atom. The lowest BCUT2D eigenvalue weighted by Gasteiger charge is -2.20. The Labute approximate surface area is 215 Å². The SMILES string of the molecule is CCOC(=O)c1ccc2c(c1)NC(=O)C2=C(Nc1ccc(N(CC#N)S(C)(=O)=O)cc1)c1ccccc1. The number of hydrogen-bond donors (Lipinski definition) is 2. The van der Waals surface area contributed by atoms with Gasteiger partial charge in [-0.1, -0.05) is 36.4 Å². The molecule has 0 fully saturated rings. The summed E-state index contributed by atoms with van der Waals surface area (Å²) < 4.78 is 30.2. The van der Waals surface area contributed by atoms with Crippen molar-refractivity contribution < 1.29 is 22.7 Å². The first-order chi connectivity index (χ1) is 17.7. The predicted molar refractivity (Wildman–Crippen MR) is 142 cm³/mol. The van der Waals surface area contributed by atoms with Crippen LogP contribution in [-0.4, -0.2) is 39.7 Å². The fourth-order valence-corrected chi connectivity index (χ4v) is 4.76. The Kier molecular flexibility index (Phi) is 7.27. The zero-order chi connectivity index (χ0) is 26.6. The van der Waals surface area contributed by atoms with Gasteiger partial charge in [0.1, 0.15) is 6.54 Å². The first-order valence-electron chi connectivity index (χ1n) is 11.4. The van der Waals surface area contributed by atoms with Crippen LogP contribution in [0.2, 0.25) is 0 Å². The number of carbonyl (C=O) groups is 2. The van der Waals surface area contributed by atoms with E-state index in [4.69, 9.17) is 10.00 Å². The molecule has 0 saturated heterocycles. The Morgan fingerprint density at radius 2 is 1.76 bits per heavy atom. The summed E-state index contributed by atoms with van der Waals surface area (Å²) in [6, 6.07) is 22.6. The lowest BCUT2D eigenvalue weighted by atomic mass is 9.99. The summed E-state index contributed by atoms with van der Waals surface area (Å²) in [5.74, 6) is -0.811. The molecule has 1 aliphatic rings. The van der Waals surface area contributed by atoms with E-state index in [9.17, 15) is 18.0 Å². The maximum Gasteiger partial charge on any atom is 0.338 e.